The number of para-hydroxylation sites is 1. The Bertz CT molecular complexity index is 516. The van der Waals surface area contributed by atoms with Gasteiger partial charge in [0.15, 0.2) is 0 Å². The van der Waals surface area contributed by atoms with Crippen LogP contribution in [0.1, 0.15) is 19.4 Å². The predicted octanol–water partition coefficient (Wildman–Crippen LogP) is 3.03. The monoisotopic (exact) mass is 260 g/mol. The Balaban J connectivity index is 2.19. The van der Waals surface area contributed by atoms with Gasteiger partial charge in [-0.2, -0.15) is 0 Å². The van der Waals surface area contributed by atoms with Crippen LogP contribution in [0.5, 0.6) is 0 Å². The van der Waals surface area contributed by atoms with Gasteiger partial charge < -0.3 is 14.6 Å². The predicted molar refractivity (Wildman–Crippen MR) is 80.4 cm³/mol. The Morgan fingerprint density at radius 3 is 2.84 bits per heavy atom. The van der Waals surface area contributed by atoms with Gasteiger partial charge in [0.05, 0.1) is 12.1 Å². The molecular weight excluding hydrogens is 236 g/mol. The highest BCUT2D eigenvalue weighted by molar-refractivity contribution is 5.83. The van der Waals surface area contributed by atoms with Gasteiger partial charge in [0.1, 0.15) is 0 Å². The first-order valence-corrected chi connectivity index (χ1v) is 6.98. The van der Waals surface area contributed by atoms with Gasteiger partial charge >= 0.3 is 0 Å². The van der Waals surface area contributed by atoms with Crippen LogP contribution in [0.15, 0.2) is 30.5 Å². The quantitative estimate of drug-likeness (QED) is 0.774. The van der Waals surface area contributed by atoms with Gasteiger partial charge in [0.25, 0.3) is 0 Å². The number of aromatic nitrogens is 1. The lowest BCUT2D eigenvalue weighted by atomic mass is 10.1. The number of rotatable bonds is 7. The molecule has 3 nitrogen and oxygen atoms in total. The van der Waals surface area contributed by atoms with Crippen molar-refractivity contribution in [2.24, 2.45) is 5.92 Å². The van der Waals surface area contributed by atoms with E-state index < -0.39 is 0 Å². The highest BCUT2D eigenvalue weighted by atomic mass is 16.5. The maximum Gasteiger partial charge on any atom is 0.0587 e. The van der Waals surface area contributed by atoms with Crippen LogP contribution in [0.25, 0.3) is 10.9 Å². The first-order valence-electron chi connectivity index (χ1n) is 6.98. The molecule has 19 heavy (non-hydrogen) atoms. The smallest absolute Gasteiger partial charge is 0.0587 e. The fraction of sp³-hybridized carbons (Fsp3) is 0.500. The molecule has 1 heterocycles. The summed E-state index contributed by atoms with van der Waals surface area (Å²) in [6.07, 6.45) is 2.20. The normalized spacial score (nSPS) is 11.6. The van der Waals surface area contributed by atoms with E-state index in [1.165, 1.54) is 16.5 Å². The fourth-order valence-corrected chi connectivity index (χ4v) is 2.43. The lowest BCUT2D eigenvalue weighted by Gasteiger charge is -2.12. The molecule has 2 aromatic rings. The van der Waals surface area contributed by atoms with Crippen LogP contribution in [0.4, 0.5) is 0 Å². The van der Waals surface area contributed by atoms with E-state index in [4.69, 9.17) is 4.74 Å². The molecule has 0 aliphatic heterocycles. The highest BCUT2D eigenvalue weighted by Gasteiger charge is 2.07. The standard InChI is InChI=1S/C16H24N2O/c1-13(2)12-18-9-7-14-5-4-6-15(16(14)18)11-17-8-10-19-3/h4-7,9,13,17H,8,10-12H2,1-3H3. The van der Waals surface area contributed by atoms with E-state index in [2.05, 4.69) is 54.2 Å². The zero-order valence-electron chi connectivity index (χ0n) is 12.1. The van der Waals surface area contributed by atoms with Crippen molar-refractivity contribution < 1.29 is 4.74 Å². The molecule has 0 saturated heterocycles. The first kappa shape index (κ1) is 14.1. The van der Waals surface area contributed by atoms with E-state index in [1.54, 1.807) is 7.11 Å². The minimum Gasteiger partial charge on any atom is -0.383 e. The second kappa shape index (κ2) is 6.73. The molecule has 2 rings (SSSR count). The number of nitrogens with one attached hydrogen (secondary N) is 1. The molecule has 0 spiro atoms. The van der Waals surface area contributed by atoms with Crippen molar-refractivity contribution in [2.75, 3.05) is 20.3 Å². The summed E-state index contributed by atoms with van der Waals surface area (Å²) >= 11 is 0. The van der Waals surface area contributed by atoms with Crippen LogP contribution in [-0.2, 0) is 17.8 Å². The van der Waals surface area contributed by atoms with Gasteiger partial charge in [0, 0.05) is 32.9 Å². The van der Waals surface area contributed by atoms with Crippen LogP contribution in [-0.4, -0.2) is 24.8 Å². The lowest BCUT2D eigenvalue weighted by Crippen LogP contribution is -2.19. The fourth-order valence-electron chi connectivity index (χ4n) is 2.43. The van der Waals surface area contributed by atoms with Crippen molar-refractivity contribution in [3.63, 3.8) is 0 Å². The van der Waals surface area contributed by atoms with Gasteiger partial charge in [-0.3, -0.25) is 0 Å². The minimum atomic E-state index is 0.658. The maximum atomic E-state index is 5.06. The summed E-state index contributed by atoms with van der Waals surface area (Å²) in [5, 5.41) is 4.75. The first-order chi connectivity index (χ1) is 9.22. The Morgan fingerprint density at radius 1 is 1.26 bits per heavy atom. The average molecular weight is 260 g/mol. The van der Waals surface area contributed by atoms with E-state index in [0.29, 0.717) is 5.92 Å². The van der Waals surface area contributed by atoms with Crippen molar-refractivity contribution >= 4 is 10.9 Å². The summed E-state index contributed by atoms with van der Waals surface area (Å²) in [5.41, 5.74) is 2.72. The number of benzene rings is 1. The summed E-state index contributed by atoms with van der Waals surface area (Å²) in [4.78, 5) is 0. The van der Waals surface area contributed by atoms with Gasteiger partial charge in [-0.05, 0) is 22.9 Å². The molecule has 0 saturated carbocycles. The van der Waals surface area contributed by atoms with Crippen molar-refractivity contribution in [1.82, 2.24) is 9.88 Å². The van der Waals surface area contributed by atoms with E-state index in [9.17, 15) is 0 Å². The molecule has 0 fully saturated rings. The summed E-state index contributed by atoms with van der Waals surface area (Å²) in [6.45, 7) is 8.11. The molecule has 3 heteroatoms. The van der Waals surface area contributed by atoms with E-state index in [-0.39, 0.29) is 0 Å². The van der Waals surface area contributed by atoms with Crippen LogP contribution < -0.4 is 5.32 Å². The molecule has 0 atom stereocenters. The molecule has 0 unspecified atom stereocenters. The molecule has 0 aliphatic carbocycles. The number of hydrogen-bond donors (Lipinski definition) is 1. The summed E-state index contributed by atoms with van der Waals surface area (Å²) in [7, 11) is 1.73. The van der Waals surface area contributed by atoms with Gasteiger partial charge in [0.2, 0.25) is 0 Å². The van der Waals surface area contributed by atoms with Gasteiger partial charge in [-0.25, -0.2) is 0 Å². The number of methoxy groups -OCH3 is 1. The molecule has 1 aromatic carbocycles. The molecule has 104 valence electrons. The second-order valence-electron chi connectivity index (χ2n) is 5.39. The third-order valence-corrected chi connectivity index (χ3v) is 3.23. The zero-order chi connectivity index (χ0) is 13.7. The molecule has 1 aromatic heterocycles. The van der Waals surface area contributed by atoms with Crippen LogP contribution >= 0.6 is 0 Å². The molecule has 0 aliphatic rings. The number of fused-ring (bicyclic) bond motifs is 1. The van der Waals surface area contributed by atoms with Crippen LogP contribution in [0, 0.1) is 5.92 Å². The van der Waals surface area contributed by atoms with E-state index >= 15 is 0 Å². The van der Waals surface area contributed by atoms with Gasteiger partial charge in [-0.1, -0.05) is 32.0 Å². The third-order valence-electron chi connectivity index (χ3n) is 3.23. The number of hydrogen-bond acceptors (Lipinski definition) is 2. The molecular formula is C16H24N2O. The maximum absolute atomic E-state index is 5.06. The largest absolute Gasteiger partial charge is 0.383 e. The second-order valence-corrected chi connectivity index (χ2v) is 5.39. The third kappa shape index (κ3) is 3.58. The average Bonchev–Trinajstić information content (AvgIpc) is 2.78. The Labute approximate surface area is 115 Å². The molecule has 0 radical (unpaired) electrons. The zero-order valence-corrected chi connectivity index (χ0v) is 12.1. The Kier molecular flexibility index (Phi) is 5.00. The van der Waals surface area contributed by atoms with E-state index in [1.807, 2.05) is 0 Å². The van der Waals surface area contributed by atoms with Crippen LogP contribution in [0.3, 0.4) is 0 Å². The van der Waals surface area contributed by atoms with Gasteiger partial charge in [-0.15, -0.1) is 0 Å². The summed E-state index contributed by atoms with van der Waals surface area (Å²) in [5.74, 6) is 0.658. The molecule has 0 amide bonds. The van der Waals surface area contributed by atoms with Crippen molar-refractivity contribution in [3.8, 4) is 0 Å². The summed E-state index contributed by atoms with van der Waals surface area (Å²) < 4.78 is 7.43. The summed E-state index contributed by atoms with van der Waals surface area (Å²) in [6, 6.07) is 8.73. The number of nitrogens with zero attached hydrogens (tertiary/aromatic N) is 1. The minimum absolute atomic E-state index is 0.658. The SMILES string of the molecule is COCCNCc1cccc2ccn(CC(C)C)c12. The highest BCUT2D eigenvalue weighted by Crippen LogP contribution is 2.21. The lowest BCUT2D eigenvalue weighted by molar-refractivity contribution is 0.199. The molecule has 1 N–H and O–H groups in total. The Morgan fingerprint density at radius 2 is 2.11 bits per heavy atom. The molecule has 0 bridgehead atoms. The van der Waals surface area contributed by atoms with Crippen molar-refractivity contribution in [1.29, 1.82) is 0 Å². The van der Waals surface area contributed by atoms with E-state index in [0.717, 1.165) is 26.2 Å². The Hall–Kier alpha value is -1.32. The number of ether oxygens (including phenoxy) is 1. The van der Waals surface area contributed by atoms with Crippen molar-refractivity contribution in [3.05, 3.63) is 36.0 Å². The van der Waals surface area contributed by atoms with Crippen molar-refractivity contribution in [2.45, 2.75) is 26.9 Å². The topological polar surface area (TPSA) is 26.2 Å². The van der Waals surface area contributed by atoms with Crippen LogP contribution in [0.2, 0.25) is 0 Å².